The van der Waals surface area contributed by atoms with Gasteiger partial charge in [-0.1, -0.05) is 17.3 Å². The Morgan fingerprint density at radius 1 is 1.27 bits per heavy atom. The van der Waals surface area contributed by atoms with E-state index in [4.69, 9.17) is 4.74 Å². The predicted molar refractivity (Wildman–Crippen MR) is 91.5 cm³/mol. The highest BCUT2D eigenvalue weighted by atomic mass is 19.1. The maximum atomic E-state index is 14.2. The number of hydrogen-bond donors (Lipinski definition) is 0. The second-order valence-corrected chi connectivity index (χ2v) is 6.87. The number of fused-ring (bicyclic) bond motifs is 3. The van der Waals surface area contributed by atoms with Crippen LogP contribution in [0.2, 0.25) is 0 Å². The van der Waals surface area contributed by atoms with Crippen LogP contribution in [0.25, 0.3) is 11.3 Å². The van der Waals surface area contributed by atoms with E-state index < -0.39 is 0 Å². The van der Waals surface area contributed by atoms with Crippen molar-refractivity contribution in [3.8, 4) is 11.3 Å². The third-order valence-electron chi connectivity index (χ3n) is 5.27. The highest BCUT2D eigenvalue weighted by Gasteiger charge is 2.41. The Morgan fingerprint density at radius 3 is 2.96 bits per heavy atom. The summed E-state index contributed by atoms with van der Waals surface area (Å²) in [5.41, 5.74) is 1.89. The Labute approximate surface area is 150 Å². The molecule has 0 unspecified atom stereocenters. The van der Waals surface area contributed by atoms with Crippen LogP contribution in [0, 0.1) is 5.82 Å². The zero-order valence-corrected chi connectivity index (χ0v) is 14.4. The number of ether oxygens (including phenoxy) is 1. The van der Waals surface area contributed by atoms with Gasteiger partial charge in [-0.25, -0.2) is 14.1 Å². The zero-order valence-electron chi connectivity index (χ0n) is 14.4. The summed E-state index contributed by atoms with van der Waals surface area (Å²) in [5.74, 6) is 0.732. The molecule has 0 N–H and O–H groups in total. The van der Waals surface area contributed by atoms with Crippen LogP contribution in [-0.2, 0) is 24.9 Å². The monoisotopic (exact) mass is 354 g/mol. The molecule has 1 aromatic carbocycles. The summed E-state index contributed by atoms with van der Waals surface area (Å²) in [5, 5.41) is 8.60. The van der Waals surface area contributed by atoms with Gasteiger partial charge in [0.1, 0.15) is 17.3 Å². The number of likely N-dealkylation sites (tertiary alicyclic amines) is 1. The van der Waals surface area contributed by atoms with E-state index in [-0.39, 0.29) is 18.0 Å². The van der Waals surface area contributed by atoms with E-state index in [9.17, 15) is 4.39 Å². The highest BCUT2D eigenvalue weighted by molar-refractivity contribution is 5.62. The Morgan fingerprint density at radius 2 is 2.15 bits per heavy atom. The lowest BCUT2D eigenvalue weighted by atomic mass is 10.1. The van der Waals surface area contributed by atoms with Gasteiger partial charge in [-0.05, 0) is 12.1 Å². The van der Waals surface area contributed by atoms with Gasteiger partial charge in [0.05, 0.1) is 31.0 Å². The molecule has 8 heteroatoms. The number of nitrogens with zero attached hydrogens (tertiary/aromatic N) is 6. The van der Waals surface area contributed by atoms with Crippen molar-refractivity contribution >= 4 is 0 Å². The highest BCUT2D eigenvalue weighted by Crippen LogP contribution is 2.35. The molecule has 3 aromatic rings. The van der Waals surface area contributed by atoms with Crippen LogP contribution in [-0.4, -0.2) is 48.6 Å². The first-order chi connectivity index (χ1) is 12.7. The molecule has 0 amide bonds. The summed E-state index contributed by atoms with van der Waals surface area (Å²) in [6.45, 7) is 2.80. The molecule has 1 fully saturated rings. The molecule has 2 aliphatic heterocycles. The van der Waals surface area contributed by atoms with E-state index in [2.05, 4.69) is 20.2 Å². The number of imidazole rings is 1. The number of aryl methyl sites for hydroxylation is 1. The summed E-state index contributed by atoms with van der Waals surface area (Å²) in [6.07, 6.45) is 3.83. The molecule has 134 valence electrons. The summed E-state index contributed by atoms with van der Waals surface area (Å²) in [4.78, 5) is 6.72. The summed E-state index contributed by atoms with van der Waals surface area (Å²) in [7, 11) is 2.00. The molecule has 2 aliphatic rings. The van der Waals surface area contributed by atoms with Crippen LogP contribution in [0.5, 0.6) is 0 Å². The van der Waals surface area contributed by atoms with E-state index in [1.165, 1.54) is 6.07 Å². The fourth-order valence-electron chi connectivity index (χ4n) is 3.87. The van der Waals surface area contributed by atoms with Crippen molar-refractivity contribution in [2.45, 2.75) is 25.3 Å². The van der Waals surface area contributed by atoms with Crippen LogP contribution in [0.1, 0.15) is 17.6 Å². The number of benzene rings is 1. The molecule has 0 aliphatic carbocycles. The van der Waals surface area contributed by atoms with Gasteiger partial charge in [-0.2, -0.15) is 0 Å². The smallest absolute Gasteiger partial charge is 0.132 e. The SMILES string of the molecule is Cn1ccnc1CN1C[C@@H]2[C@@H](C1)OCc1c(-c3ccccc3F)nnn12. The van der Waals surface area contributed by atoms with Gasteiger partial charge in [-0.3, -0.25) is 4.90 Å². The van der Waals surface area contributed by atoms with Gasteiger partial charge in [0.25, 0.3) is 0 Å². The number of halogens is 1. The van der Waals surface area contributed by atoms with E-state index in [1.807, 2.05) is 28.7 Å². The number of rotatable bonds is 3. The lowest BCUT2D eigenvalue weighted by Gasteiger charge is -2.26. The molecule has 5 rings (SSSR count). The van der Waals surface area contributed by atoms with Gasteiger partial charge in [0.15, 0.2) is 0 Å². The summed E-state index contributed by atoms with van der Waals surface area (Å²) >= 11 is 0. The van der Waals surface area contributed by atoms with Crippen LogP contribution in [0.15, 0.2) is 36.7 Å². The third-order valence-corrected chi connectivity index (χ3v) is 5.27. The van der Waals surface area contributed by atoms with E-state index in [0.717, 1.165) is 31.2 Å². The standard InChI is InChI=1S/C18H19FN6O/c1-23-7-6-20-17(23)10-24-8-14-16(9-24)26-11-15-18(21-22-25(14)15)12-4-2-3-5-13(12)19/h2-7,14,16H,8-11H2,1H3/t14-,16-/m1/s1. The fraction of sp³-hybridized carbons (Fsp3) is 0.389. The lowest BCUT2D eigenvalue weighted by molar-refractivity contribution is -0.00500. The molecule has 0 saturated carbocycles. The molecule has 26 heavy (non-hydrogen) atoms. The van der Waals surface area contributed by atoms with Crippen LogP contribution in [0.4, 0.5) is 4.39 Å². The first kappa shape index (κ1) is 15.7. The van der Waals surface area contributed by atoms with Crippen molar-refractivity contribution in [1.82, 2.24) is 29.4 Å². The van der Waals surface area contributed by atoms with Crippen molar-refractivity contribution in [3.05, 3.63) is 54.0 Å². The Balaban J connectivity index is 1.42. The molecular weight excluding hydrogens is 335 g/mol. The molecule has 4 heterocycles. The summed E-state index contributed by atoms with van der Waals surface area (Å²) < 4.78 is 24.2. The van der Waals surface area contributed by atoms with E-state index in [0.29, 0.717) is 17.9 Å². The Kier molecular flexibility index (Phi) is 3.61. The van der Waals surface area contributed by atoms with Gasteiger partial charge in [0.2, 0.25) is 0 Å². The average Bonchev–Trinajstić information content (AvgIpc) is 3.33. The minimum absolute atomic E-state index is 0.0675. The topological polar surface area (TPSA) is 61.0 Å². The molecule has 1 saturated heterocycles. The van der Waals surface area contributed by atoms with Crippen LogP contribution in [0.3, 0.4) is 0 Å². The summed E-state index contributed by atoms with van der Waals surface area (Å²) in [6, 6.07) is 6.74. The quantitative estimate of drug-likeness (QED) is 0.717. The maximum Gasteiger partial charge on any atom is 0.132 e. The Hall–Kier alpha value is -2.58. The second-order valence-electron chi connectivity index (χ2n) is 6.87. The molecule has 0 bridgehead atoms. The number of aromatic nitrogens is 5. The van der Waals surface area contributed by atoms with E-state index in [1.54, 1.807) is 18.2 Å². The first-order valence-electron chi connectivity index (χ1n) is 8.70. The van der Waals surface area contributed by atoms with Crippen molar-refractivity contribution < 1.29 is 9.13 Å². The van der Waals surface area contributed by atoms with Crippen molar-refractivity contribution in [2.75, 3.05) is 13.1 Å². The second kappa shape index (κ2) is 6.00. The molecule has 0 spiro atoms. The average molecular weight is 354 g/mol. The van der Waals surface area contributed by atoms with Crippen molar-refractivity contribution in [2.24, 2.45) is 7.05 Å². The van der Waals surface area contributed by atoms with Gasteiger partial charge >= 0.3 is 0 Å². The molecule has 7 nitrogen and oxygen atoms in total. The number of hydrogen-bond acceptors (Lipinski definition) is 5. The van der Waals surface area contributed by atoms with E-state index >= 15 is 0 Å². The van der Waals surface area contributed by atoms with Gasteiger partial charge in [-0.15, -0.1) is 5.10 Å². The van der Waals surface area contributed by atoms with Gasteiger partial charge in [0, 0.05) is 38.1 Å². The van der Waals surface area contributed by atoms with Crippen molar-refractivity contribution in [3.63, 3.8) is 0 Å². The Bertz CT molecular complexity index is 951. The predicted octanol–water partition coefficient (Wildman–Crippen LogP) is 1.77. The minimum Gasteiger partial charge on any atom is -0.368 e. The molecular formula is C18H19FN6O. The van der Waals surface area contributed by atoms with Gasteiger partial charge < -0.3 is 9.30 Å². The van der Waals surface area contributed by atoms with Crippen LogP contribution < -0.4 is 0 Å². The molecule has 0 radical (unpaired) electrons. The molecule has 2 atom stereocenters. The zero-order chi connectivity index (χ0) is 17.7. The lowest BCUT2D eigenvalue weighted by Crippen LogP contribution is -2.32. The normalized spacial score (nSPS) is 22.4. The fourth-order valence-corrected chi connectivity index (χ4v) is 3.87. The van der Waals surface area contributed by atoms with Crippen molar-refractivity contribution in [1.29, 1.82) is 0 Å². The van der Waals surface area contributed by atoms with Crippen LogP contribution >= 0.6 is 0 Å². The first-order valence-corrected chi connectivity index (χ1v) is 8.70. The maximum absolute atomic E-state index is 14.2. The minimum atomic E-state index is -0.291. The molecule has 2 aromatic heterocycles. The third kappa shape index (κ3) is 2.45. The largest absolute Gasteiger partial charge is 0.368 e.